The number of ether oxygens (including phenoxy) is 3. The number of esters is 1. The summed E-state index contributed by atoms with van der Waals surface area (Å²) in [5, 5.41) is 11.6. The summed E-state index contributed by atoms with van der Waals surface area (Å²) in [6.45, 7) is -0.251. The molecule has 13 heteroatoms. The second kappa shape index (κ2) is 11.2. The van der Waals surface area contributed by atoms with Crippen LogP contribution in [0.15, 0.2) is 41.3 Å². The normalized spacial score (nSPS) is 14.1. The highest BCUT2D eigenvalue weighted by atomic mass is 35.5. The van der Waals surface area contributed by atoms with Gasteiger partial charge < -0.3 is 14.2 Å². The van der Waals surface area contributed by atoms with Gasteiger partial charge in [0.05, 0.1) is 16.4 Å². The van der Waals surface area contributed by atoms with E-state index in [1.54, 1.807) is 0 Å². The van der Waals surface area contributed by atoms with E-state index in [1.165, 1.54) is 48.2 Å². The Labute approximate surface area is 199 Å². The maximum Gasteiger partial charge on any atom is 0.324 e. The quantitative estimate of drug-likeness (QED) is 0.287. The first-order valence-corrected chi connectivity index (χ1v) is 12.9. The van der Waals surface area contributed by atoms with Crippen molar-refractivity contribution in [2.75, 3.05) is 18.8 Å². The number of rotatable bonds is 10. The molecule has 0 bridgehead atoms. The number of hydrogen-bond donors (Lipinski definition) is 1. The number of sulfonamides is 1. The summed E-state index contributed by atoms with van der Waals surface area (Å²) in [6, 6.07) is 6.96. The number of nitro groups is 1. The number of nitro benzene ring substituents is 1. The van der Waals surface area contributed by atoms with Crippen LogP contribution in [0.4, 0.5) is 5.69 Å². The lowest BCUT2D eigenvalue weighted by molar-refractivity contribution is -0.385. The van der Waals surface area contributed by atoms with Gasteiger partial charge in [-0.15, -0.1) is 0 Å². The van der Waals surface area contributed by atoms with Crippen molar-refractivity contribution in [1.82, 2.24) is 4.72 Å². The fourth-order valence-corrected chi connectivity index (χ4v) is 4.89. The Kier molecular flexibility index (Phi) is 8.54. The minimum Gasteiger partial charge on any atom is -0.467 e. The van der Waals surface area contributed by atoms with Crippen molar-refractivity contribution in [2.24, 2.45) is 0 Å². The molecule has 1 atom stereocenters. The van der Waals surface area contributed by atoms with E-state index in [-0.39, 0.29) is 37.0 Å². The second-order valence-corrected chi connectivity index (χ2v) is 10.1. The van der Waals surface area contributed by atoms with Crippen molar-refractivity contribution in [2.45, 2.75) is 30.6 Å². The van der Waals surface area contributed by atoms with Crippen molar-refractivity contribution in [1.29, 1.82) is 0 Å². The van der Waals surface area contributed by atoms with Crippen LogP contribution in [0, 0.1) is 10.1 Å². The third-order valence-electron chi connectivity index (χ3n) is 4.67. The Morgan fingerprint density at radius 1 is 1.33 bits per heavy atom. The number of non-ortho nitro benzene ring substituents is 1. The zero-order chi connectivity index (χ0) is 24.0. The SMILES string of the molecule is CSCC[C@@H](NS(=O)(=O)c1ccc(Cl)cc1)C(=O)OCc1cc([N+](=O)[O-])cc2c1OCOC2. The average Bonchev–Trinajstić information content (AvgIpc) is 2.79. The standard InChI is InChI=1S/C20H21ClN2O8S2/c1-32-7-6-18(22-33(27,28)17-4-2-15(21)3-5-17)20(24)30-11-14-9-16(23(25)26)8-13-10-29-12-31-19(13)14/h2-5,8-9,18,22H,6-7,10-12H2,1H3/t18-/m1/s1. The highest BCUT2D eigenvalue weighted by molar-refractivity contribution is 7.98. The first-order valence-electron chi connectivity index (χ1n) is 9.65. The number of nitrogens with one attached hydrogen (secondary N) is 1. The molecule has 1 N–H and O–H groups in total. The number of halogens is 1. The van der Waals surface area contributed by atoms with Crippen LogP contribution in [0.1, 0.15) is 17.5 Å². The molecule has 0 spiro atoms. The van der Waals surface area contributed by atoms with Gasteiger partial charge >= 0.3 is 5.97 Å². The number of fused-ring (bicyclic) bond motifs is 1. The van der Waals surface area contributed by atoms with Gasteiger partial charge in [-0.1, -0.05) is 11.6 Å². The minimum atomic E-state index is -4.02. The van der Waals surface area contributed by atoms with Gasteiger partial charge in [-0.2, -0.15) is 16.5 Å². The molecule has 1 aliphatic heterocycles. The zero-order valence-electron chi connectivity index (χ0n) is 17.5. The highest BCUT2D eigenvalue weighted by Crippen LogP contribution is 2.33. The first-order chi connectivity index (χ1) is 15.7. The lowest BCUT2D eigenvalue weighted by atomic mass is 10.1. The molecular weight excluding hydrogens is 496 g/mol. The van der Waals surface area contributed by atoms with Gasteiger partial charge in [0.15, 0.2) is 6.79 Å². The van der Waals surface area contributed by atoms with Gasteiger partial charge in [0.25, 0.3) is 5.69 Å². The van der Waals surface area contributed by atoms with Crippen LogP contribution in [0.5, 0.6) is 5.75 Å². The van der Waals surface area contributed by atoms with Crippen LogP contribution < -0.4 is 9.46 Å². The monoisotopic (exact) mass is 516 g/mol. The molecule has 1 aliphatic rings. The lowest BCUT2D eigenvalue weighted by Crippen LogP contribution is -2.42. The molecule has 2 aromatic carbocycles. The molecule has 2 aromatic rings. The summed E-state index contributed by atoms with van der Waals surface area (Å²) in [6.07, 6.45) is 2.01. The molecular formula is C20H21ClN2O8S2. The highest BCUT2D eigenvalue weighted by Gasteiger charge is 2.28. The van der Waals surface area contributed by atoms with E-state index in [4.69, 9.17) is 25.8 Å². The maximum absolute atomic E-state index is 12.8. The van der Waals surface area contributed by atoms with E-state index in [9.17, 15) is 23.3 Å². The van der Waals surface area contributed by atoms with E-state index in [0.29, 0.717) is 27.7 Å². The van der Waals surface area contributed by atoms with Crippen LogP contribution in [-0.2, 0) is 37.5 Å². The molecule has 0 radical (unpaired) electrons. The first kappa shape index (κ1) is 25.2. The van der Waals surface area contributed by atoms with E-state index < -0.39 is 27.0 Å². The fraction of sp³-hybridized carbons (Fsp3) is 0.350. The van der Waals surface area contributed by atoms with Crippen LogP contribution in [0.2, 0.25) is 5.02 Å². The third-order valence-corrected chi connectivity index (χ3v) is 7.05. The summed E-state index contributed by atoms with van der Waals surface area (Å²) in [7, 11) is -4.02. The van der Waals surface area contributed by atoms with Gasteiger partial charge in [0.1, 0.15) is 18.4 Å². The van der Waals surface area contributed by atoms with Crippen LogP contribution in [-0.4, -0.2) is 44.2 Å². The molecule has 0 saturated heterocycles. The fourth-order valence-electron chi connectivity index (χ4n) is 3.07. The summed E-state index contributed by atoms with van der Waals surface area (Å²) in [5.41, 5.74) is 0.556. The zero-order valence-corrected chi connectivity index (χ0v) is 19.9. The van der Waals surface area contributed by atoms with Crippen molar-refractivity contribution in [3.63, 3.8) is 0 Å². The molecule has 0 saturated carbocycles. The molecule has 0 amide bonds. The third kappa shape index (κ3) is 6.58. The average molecular weight is 517 g/mol. The molecule has 178 valence electrons. The number of nitrogens with zero attached hydrogens (tertiary/aromatic N) is 1. The van der Waals surface area contributed by atoms with Crippen molar-refractivity contribution in [3.8, 4) is 5.75 Å². The second-order valence-electron chi connectivity index (χ2n) is 6.98. The summed E-state index contributed by atoms with van der Waals surface area (Å²) < 4.78 is 43.8. The number of carbonyl (C=O) groups excluding carboxylic acids is 1. The summed E-state index contributed by atoms with van der Waals surface area (Å²) >= 11 is 7.26. The minimum absolute atomic E-state index is 0.0387. The number of carbonyl (C=O) groups is 1. The smallest absolute Gasteiger partial charge is 0.324 e. The van der Waals surface area contributed by atoms with Crippen molar-refractivity contribution < 1.29 is 32.3 Å². The molecule has 10 nitrogen and oxygen atoms in total. The Hall–Kier alpha value is -2.38. The largest absolute Gasteiger partial charge is 0.467 e. The number of thioether (sulfide) groups is 1. The molecule has 0 aliphatic carbocycles. The van der Waals surface area contributed by atoms with E-state index in [2.05, 4.69) is 4.72 Å². The van der Waals surface area contributed by atoms with Gasteiger partial charge in [-0.3, -0.25) is 14.9 Å². The number of benzene rings is 2. The van der Waals surface area contributed by atoms with Crippen molar-refractivity contribution in [3.05, 3.63) is 62.7 Å². The molecule has 0 aromatic heterocycles. The number of hydrogen-bond acceptors (Lipinski definition) is 9. The summed E-state index contributed by atoms with van der Waals surface area (Å²) in [5.74, 6) is 0.0335. The van der Waals surface area contributed by atoms with E-state index in [1.807, 2.05) is 6.26 Å². The predicted molar refractivity (Wildman–Crippen MR) is 122 cm³/mol. The molecule has 1 heterocycles. The Bertz CT molecular complexity index is 1130. The van der Waals surface area contributed by atoms with E-state index >= 15 is 0 Å². The predicted octanol–water partition coefficient (Wildman–Crippen LogP) is 3.26. The Morgan fingerprint density at radius 2 is 2.06 bits per heavy atom. The molecule has 0 fully saturated rings. The maximum atomic E-state index is 12.8. The van der Waals surface area contributed by atoms with Gasteiger partial charge in [0.2, 0.25) is 10.0 Å². The van der Waals surface area contributed by atoms with Crippen LogP contribution in [0.3, 0.4) is 0 Å². The molecule has 33 heavy (non-hydrogen) atoms. The lowest BCUT2D eigenvalue weighted by Gasteiger charge is -2.21. The van der Waals surface area contributed by atoms with Crippen LogP contribution >= 0.6 is 23.4 Å². The topological polar surface area (TPSA) is 134 Å². The molecule has 0 unspecified atom stereocenters. The Balaban J connectivity index is 1.77. The van der Waals surface area contributed by atoms with Crippen molar-refractivity contribution >= 4 is 45.0 Å². The molecule has 3 rings (SSSR count). The van der Waals surface area contributed by atoms with E-state index in [0.717, 1.165) is 0 Å². The van der Waals surface area contributed by atoms with Crippen LogP contribution in [0.25, 0.3) is 0 Å². The summed E-state index contributed by atoms with van der Waals surface area (Å²) in [4.78, 5) is 23.4. The Morgan fingerprint density at radius 3 is 2.73 bits per heavy atom. The van der Waals surface area contributed by atoms with Gasteiger partial charge in [-0.05, 0) is 42.7 Å². The van der Waals surface area contributed by atoms with Gasteiger partial charge in [0, 0.05) is 28.3 Å². The van der Waals surface area contributed by atoms with Gasteiger partial charge in [-0.25, -0.2) is 8.42 Å².